The third kappa shape index (κ3) is 2.47. The molecule has 7 heteroatoms. The van der Waals surface area contributed by atoms with E-state index in [1.165, 1.54) is 4.90 Å². The Bertz CT molecular complexity index is 748. The number of carbonyl (C=O) groups is 2. The third-order valence-corrected chi connectivity index (χ3v) is 6.48. The number of rotatable bonds is 2. The molecule has 1 N–H and O–H groups in total. The van der Waals surface area contributed by atoms with Gasteiger partial charge in [0.15, 0.2) is 15.6 Å². The van der Waals surface area contributed by atoms with Crippen molar-refractivity contribution in [2.45, 2.75) is 38.6 Å². The maximum Gasteiger partial charge on any atom is 0.270 e. The highest BCUT2D eigenvalue weighted by atomic mass is 32.2. The summed E-state index contributed by atoms with van der Waals surface area (Å²) >= 11 is 0. The van der Waals surface area contributed by atoms with Crippen molar-refractivity contribution in [2.24, 2.45) is 0 Å². The molecule has 1 aliphatic heterocycles. The molecule has 0 spiro atoms. The number of nitrogens with one attached hydrogen (secondary N) is 1. The molecule has 0 radical (unpaired) electrons. The van der Waals surface area contributed by atoms with Crippen LogP contribution in [0.2, 0.25) is 0 Å². The van der Waals surface area contributed by atoms with E-state index in [4.69, 9.17) is 0 Å². The molecule has 1 aromatic heterocycles. The Balaban J connectivity index is 1.88. The summed E-state index contributed by atoms with van der Waals surface area (Å²) in [6.07, 6.45) is 2.58. The molecular weight excluding hydrogens is 304 g/mol. The first-order valence-electron chi connectivity index (χ1n) is 7.52. The first kappa shape index (κ1) is 15.3. The second-order valence-corrected chi connectivity index (χ2v) is 8.46. The minimum atomic E-state index is -3.04. The third-order valence-electron chi connectivity index (χ3n) is 4.73. The van der Waals surface area contributed by atoms with Gasteiger partial charge in [-0.2, -0.15) is 0 Å². The van der Waals surface area contributed by atoms with Crippen LogP contribution in [0.5, 0.6) is 0 Å². The lowest BCUT2D eigenvalue weighted by atomic mass is 9.93. The maximum atomic E-state index is 12.7. The van der Waals surface area contributed by atoms with Gasteiger partial charge in [0, 0.05) is 30.8 Å². The van der Waals surface area contributed by atoms with Crippen molar-refractivity contribution in [3.8, 4) is 0 Å². The van der Waals surface area contributed by atoms with Crippen LogP contribution in [-0.4, -0.2) is 54.6 Å². The second kappa shape index (κ2) is 5.22. The Morgan fingerprint density at radius 3 is 2.64 bits per heavy atom. The fourth-order valence-electron chi connectivity index (χ4n) is 3.41. The van der Waals surface area contributed by atoms with Gasteiger partial charge in [-0.15, -0.1) is 0 Å². The number of H-pyrrole nitrogens is 1. The molecule has 0 unspecified atom stereocenters. The maximum absolute atomic E-state index is 12.7. The van der Waals surface area contributed by atoms with Crippen molar-refractivity contribution in [3.63, 3.8) is 0 Å². The number of ketones is 1. The van der Waals surface area contributed by atoms with Crippen LogP contribution in [-0.2, 0) is 16.3 Å². The molecule has 1 saturated heterocycles. The van der Waals surface area contributed by atoms with E-state index in [1.54, 1.807) is 14.0 Å². The molecule has 0 bridgehead atoms. The Hall–Kier alpha value is -1.63. The Morgan fingerprint density at radius 1 is 1.32 bits per heavy atom. The van der Waals surface area contributed by atoms with Gasteiger partial charge in [0.25, 0.3) is 5.91 Å². The summed E-state index contributed by atoms with van der Waals surface area (Å²) in [6.45, 7) is 1.78. The predicted octanol–water partition coefficient (Wildman–Crippen LogP) is 1.10. The van der Waals surface area contributed by atoms with Gasteiger partial charge in [0.05, 0.1) is 11.5 Å². The van der Waals surface area contributed by atoms with Crippen LogP contribution in [0.1, 0.15) is 51.4 Å². The molecule has 1 amide bonds. The van der Waals surface area contributed by atoms with E-state index in [-0.39, 0.29) is 29.2 Å². The van der Waals surface area contributed by atoms with Crippen molar-refractivity contribution < 1.29 is 18.0 Å². The Kier molecular flexibility index (Phi) is 3.63. The lowest BCUT2D eigenvalue weighted by molar-refractivity contribution is 0.0741. The molecular formula is C15H20N2O4S. The Morgan fingerprint density at radius 2 is 2.05 bits per heavy atom. The van der Waals surface area contributed by atoms with Crippen LogP contribution in [0.3, 0.4) is 0 Å². The van der Waals surface area contributed by atoms with E-state index in [0.717, 1.165) is 18.5 Å². The number of Topliss-reactive ketones (excluding diaryl/α,β-unsaturated/α-hetero) is 1. The van der Waals surface area contributed by atoms with Crippen molar-refractivity contribution in [3.05, 3.63) is 22.5 Å². The van der Waals surface area contributed by atoms with Gasteiger partial charge in [-0.05, 0) is 31.7 Å². The molecule has 0 saturated carbocycles. The summed E-state index contributed by atoms with van der Waals surface area (Å²) in [7, 11) is -1.40. The lowest BCUT2D eigenvalue weighted by Crippen LogP contribution is -2.38. The van der Waals surface area contributed by atoms with Crippen molar-refractivity contribution in [1.82, 2.24) is 9.88 Å². The minimum absolute atomic E-state index is 0.0215. The number of nitrogens with zero attached hydrogens (tertiary/aromatic N) is 1. The Labute approximate surface area is 129 Å². The van der Waals surface area contributed by atoms with Gasteiger partial charge in [-0.25, -0.2) is 8.42 Å². The number of carbonyl (C=O) groups excluding carboxylic acids is 2. The molecule has 2 aliphatic rings. The highest BCUT2D eigenvalue weighted by Crippen LogP contribution is 2.28. The van der Waals surface area contributed by atoms with E-state index in [0.29, 0.717) is 29.7 Å². The van der Waals surface area contributed by atoms with Crippen LogP contribution >= 0.6 is 0 Å². The predicted molar refractivity (Wildman–Crippen MR) is 82.0 cm³/mol. The molecule has 120 valence electrons. The molecule has 0 aromatic carbocycles. The van der Waals surface area contributed by atoms with Crippen LogP contribution in [0, 0.1) is 6.92 Å². The fraction of sp³-hybridized carbons (Fsp3) is 0.600. The first-order chi connectivity index (χ1) is 10.3. The van der Waals surface area contributed by atoms with Crippen molar-refractivity contribution >= 4 is 21.5 Å². The molecule has 1 aliphatic carbocycles. The van der Waals surface area contributed by atoms with Crippen LogP contribution in [0.4, 0.5) is 0 Å². The normalized spacial score (nSPS) is 23.4. The van der Waals surface area contributed by atoms with E-state index >= 15 is 0 Å². The molecule has 6 nitrogen and oxygen atoms in total. The van der Waals surface area contributed by atoms with Gasteiger partial charge in [-0.3, -0.25) is 9.59 Å². The number of sulfone groups is 1. The van der Waals surface area contributed by atoms with Gasteiger partial charge >= 0.3 is 0 Å². The van der Waals surface area contributed by atoms with E-state index in [1.807, 2.05) is 0 Å². The van der Waals surface area contributed by atoms with Crippen LogP contribution in [0.25, 0.3) is 0 Å². The summed E-state index contributed by atoms with van der Waals surface area (Å²) in [5.74, 6) is 0.00341. The molecule has 22 heavy (non-hydrogen) atoms. The number of amides is 1. The number of fused-ring (bicyclic) bond motifs is 1. The van der Waals surface area contributed by atoms with Crippen molar-refractivity contribution in [1.29, 1.82) is 0 Å². The zero-order chi connectivity index (χ0) is 16.1. The monoisotopic (exact) mass is 324 g/mol. The van der Waals surface area contributed by atoms with Crippen LogP contribution < -0.4 is 0 Å². The zero-order valence-corrected chi connectivity index (χ0v) is 13.6. The smallest absolute Gasteiger partial charge is 0.270 e. The van der Waals surface area contributed by atoms with Crippen LogP contribution in [0.15, 0.2) is 0 Å². The second-order valence-electron chi connectivity index (χ2n) is 6.23. The van der Waals surface area contributed by atoms with Crippen molar-refractivity contribution in [2.75, 3.05) is 18.6 Å². The average Bonchev–Trinajstić information content (AvgIpc) is 2.98. The summed E-state index contributed by atoms with van der Waals surface area (Å²) < 4.78 is 23.2. The largest absolute Gasteiger partial charge is 0.354 e. The standard InChI is InChI=1S/C15H20N2O4S/c1-9-13-11(4-3-5-12(13)18)16-14(9)15(19)17(2)10-6-7-22(20,21)8-10/h10,16H,3-8H2,1-2H3/t10-/m0/s1. The molecule has 3 rings (SSSR count). The topological polar surface area (TPSA) is 87.3 Å². The summed E-state index contributed by atoms with van der Waals surface area (Å²) in [6, 6.07) is -0.284. The highest BCUT2D eigenvalue weighted by Gasteiger charge is 2.35. The molecule has 1 aromatic rings. The first-order valence-corrected chi connectivity index (χ1v) is 9.34. The average molecular weight is 324 g/mol. The highest BCUT2D eigenvalue weighted by molar-refractivity contribution is 7.91. The zero-order valence-electron chi connectivity index (χ0n) is 12.8. The van der Waals surface area contributed by atoms with Gasteiger partial charge in [0.1, 0.15) is 5.69 Å². The molecule has 1 atom stereocenters. The van der Waals surface area contributed by atoms with E-state index in [2.05, 4.69) is 4.98 Å². The van der Waals surface area contributed by atoms with Gasteiger partial charge in [0.2, 0.25) is 0 Å². The SMILES string of the molecule is Cc1c(C(=O)N(C)[C@H]2CCS(=O)(=O)C2)[nH]c2c1C(=O)CCC2. The number of hydrogen-bond donors (Lipinski definition) is 1. The number of aromatic nitrogens is 1. The number of aromatic amines is 1. The lowest BCUT2D eigenvalue weighted by Gasteiger charge is -2.23. The fourth-order valence-corrected chi connectivity index (χ4v) is 5.19. The van der Waals surface area contributed by atoms with E-state index in [9.17, 15) is 18.0 Å². The summed E-state index contributed by atoms with van der Waals surface area (Å²) in [5.41, 5.74) is 2.61. The van der Waals surface area contributed by atoms with Gasteiger partial charge < -0.3 is 9.88 Å². The summed E-state index contributed by atoms with van der Waals surface area (Å²) in [5, 5.41) is 0. The van der Waals surface area contributed by atoms with E-state index < -0.39 is 9.84 Å². The minimum Gasteiger partial charge on any atom is -0.354 e. The van der Waals surface area contributed by atoms with Gasteiger partial charge in [-0.1, -0.05) is 0 Å². The molecule has 2 heterocycles. The molecule has 1 fully saturated rings. The quantitative estimate of drug-likeness (QED) is 0.882. The summed E-state index contributed by atoms with van der Waals surface area (Å²) in [4.78, 5) is 29.3. The number of hydrogen-bond acceptors (Lipinski definition) is 4. The number of aryl methyl sites for hydroxylation is 1.